The van der Waals surface area contributed by atoms with E-state index in [0.29, 0.717) is 17.1 Å². The fourth-order valence-electron chi connectivity index (χ4n) is 3.74. The van der Waals surface area contributed by atoms with Crippen LogP contribution >= 0.6 is 11.6 Å². The van der Waals surface area contributed by atoms with Crippen molar-refractivity contribution in [3.63, 3.8) is 0 Å². The van der Waals surface area contributed by atoms with Crippen LogP contribution in [0.15, 0.2) is 18.2 Å². The van der Waals surface area contributed by atoms with Gasteiger partial charge in [0, 0.05) is 10.7 Å². The lowest BCUT2D eigenvalue weighted by Crippen LogP contribution is -2.54. The fourth-order valence-corrected chi connectivity index (χ4v) is 3.97. The first-order valence-corrected chi connectivity index (χ1v) is 8.91. The maximum Gasteiger partial charge on any atom is 0.325 e. The van der Waals surface area contributed by atoms with Gasteiger partial charge >= 0.3 is 6.03 Å². The monoisotopic (exact) mass is 363 g/mol. The van der Waals surface area contributed by atoms with Gasteiger partial charge in [0.25, 0.3) is 5.91 Å². The minimum atomic E-state index is -0.841. The summed E-state index contributed by atoms with van der Waals surface area (Å²) < 4.78 is 0. The molecule has 4 amide bonds. The molecule has 1 saturated carbocycles. The van der Waals surface area contributed by atoms with Crippen molar-refractivity contribution in [3.8, 4) is 0 Å². The SMILES string of the molecule is Cc1cc(Cl)ccc1NC(=O)CN1C(=O)NC2(CCCCC2C)C1=O. The number of urea groups is 1. The fraction of sp³-hybridized carbons (Fsp3) is 0.500. The molecule has 2 unspecified atom stereocenters. The highest BCUT2D eigenvalue weighted by Crippen LogP contribution is 2.38. The van der Waals surface area contributed by atoms with E-state index in [1.165, 1.54) is 0 Å². The van der Waals surface area contributed by atoms with Crippen molar-refractivity contribution in [2.45, 2.75) is 45.1 Å². The number of carbonyl (C=O) groups is 3. The average Bonchev–Trinajstić information content (AvgIpc) is 2.78. The summed E-state index contributed by atoms with van der Waals surface area (Å²) >= 11 is 5.91. The highest BCUT2D eigenvalue weighted by atomic mass is 35.5. The molecule has 25 heavy (non-hydrogen) atoms. The molecule has 1 aromatic carbocycles. The van der Waals surface area contributed by atoms with Crippen molar-refractivity contribution in [3.05, 3.63) is 28.8 Å². The van der Waals surface area contributed by atoms with Gasteiger partial charge < -0.3 is 10.6 Å². The molecule has 1 saturated heterocycles. The van der Waals surface area contributed by atoms with Gasteiger partial charge in [-0.1, -0.05) is 31.4 Å². The van der Waals surface area contributed by atoms with E-state index in [4.69, 9.17) is 11.6 Å². The number of hydrogen-bond acceptors (Lipinski definition) is 3. The van der Waals surface area contributed by atoms with E-state index >= 15 is 0 Å². The van der Waals surface area contributed by atoms with Crippen LogP contribution in [0.4, 0.5) is 10.5 Å². The number of nitrogens with one attached hydrogen (secondary N) is 2. The Morgan fingerprint density at radius 3 is 2.84 bits per heavy atom. The number of rotatable bonds is 3. The maximum atomic E-state index is 12.8. The minimum absolute atomic E-state index is 0.0734. The molecule has 1 aliphatic heterocycles. The van der Waals surface area contributed by atoms with Gasteiger partial charge in [-0.05, 0) is 49.4 Å². The van der Waals surface area contributed by atoms with Crippen LogP contribution in [-0.4, -0.2) is 34.8 Å². The topological polar surface area (TPSA) is 78.5 Å². The first-order chi connectivity index (χ1) is 11.8. The van der Waals surface area contributed by atoms with Crippen LogP contribution in [0.1, 0.15) is 38.2 Å². The number of amides is 4. The summed E-state index contributed by atoms with van der Waals surface area (Å²) in [6, 6.07) is 4.63. The van der Waals surface area contributed by atoms with Crippen molar-refractivity contribution >= 4 is 35.1 Å². The Morgan fingerprint density at radius 2 is 2.16 bits per heavy atom. The first-order valence-electron chi connectivity index (χ1n) is 8.53. The second-order valence-electron chi connectivity index (χ2n) is 6.95. The number of anilines is 1. The van der Waals surface area contributed by atoms with Gasteiger partial charge in [-0.3, -0.25) is 14.5 Å². The summed E-state index contributed by atoms with van der Waals surface area (Å²) in [5.74, 6) is -0.619. The Labute approximate surface area is 151 Å². The molecule has 7 heteroatoms. The van der Waals surface area contributed by atoms with Gasteiger partial charge in [0.15, 0.2) is 0 Å². The molecule has 2 aliphatic rings. The summed E-state index contributed by atoms with van der Waals surface area (Å²) in [5, 5.41) is 6.16. The van der Waals surface area contributed by atoms with Crippen molar-refractivity contribution < 1.29 is 14.4 Å². The Kier molecular flexibility index (Phi) is 4.73. The van der Waals surface area contributed by atoms with E-state index in [2.05, 4.69) is 10.6 Å². The molecule has 2 N–H and O–H groups in total. The van der Waals surface area contributed by atoms with Crippen LogP contribution in [-0.2, 0) is 9.59 Å². The van der Waals surface area contributed by atoms with Gasteiger partial charge in [-0.25, -0.2) is 4.79 Å². The molecule has 134 valence electrons. The van der Waals surface area contributed by atoms with Crippen molar-refractivity contribution in [1.29, 1.82) is 0 Å². The van der Waals surface area contributed by atoms with E-state index in [9.17, 15) is 14.4 Å². The largest absolute Gasteiger partial charge is 0.325 e. The van der Waals surface area contributed by atoms with Gasteiger partial charge in [-0.15, -0.1) is 0 Å². The molecule has 1 spiro atoms. The number of carbonyl (C=O) groups excluding carboxylic acids is 3. The van der Waals surface area contributed by atoms with Gasteiger partial charge in [0.2, 0.25) is 5.91 Å². The third-order valence-electron chi connectivity index (χ3n) is 5.27. The predicted octanol–water partition coefficient (Wildman–Crippen LogP) is 3.09. The number of halogens is 1. The molecular formula is C18H22ClN3O3. The van der Waals surface area contributed by atoms with Crippen LogP contribution in [0.2, 0.25) is 5.02 Å². The quantitative estimate of drug-likeness (QED) is 0.810. The molecule has 1 aliphatic carbocycles. The Bertz CT molecular complexity index is 736. The summed E-state index contributed by atoms with van der Waals surface area (Å²) in [6.07, 6.45) is 3.49. The molecular weight excluding hydrogens is 342 g/mol. The molecule has 0 radical (unpaired) electrons. The van der Waals surface area contributed by atoms with Crippen molar-refractivity contribution in [2.24, 2.45) is 5.92 Å². The van der Waals surface area contributed by atoms with E-state index in [1.807, 2.05) is 13.8 Å². The standard InChI is InChI=1S/C18H22ClN3O3/c1-11-9-13(19)6-7-14(11)20-15(23)10-22-16(24)18(21-17(22)25)8-4-3-5-12(18)2/h6-7,9,12H,3-5,8,10H2,1-2H3,(H,20,23)(H,21,25). The number of benzene rings is 1. The van der Waals surface area contributed by atoms with Crippen LogP contribution in [0, 0.1) is 12.8 Å². The maximum absolute atomic E-state index is 12.8. The van der Waals surface area contributed by atoms with E-state index < -0.39 is 17.5 Å². The Balaban J connectivity index is 1.71. The van der Waals surface area contributed by atoms with Crippen molar-refractivity contribution in [1.82, 2.24) is 10.2 Å². The molecule has 6 nitrogen and oxygen atoms in total. The van der Waals surface area contributed by atoms with Crippen LogP contribution in [0.3, 0.4) is 0 Å². The van der Waals surface area contributed by atoms with E-state index in [-0.39, 0.29) is 18.4 Å². The normalized spacial score (nSPS) is 26.0. The predicted molar refractivity (Wildman–Crippen MR) is 95.4 cm³/mol. The first kappa shape index (κ1) is 17.7. The lowest BCUT2D eigenvalue weighted by Gasteiger charge is -2.36. The summed E-state index contributed by atoms with van der Waals surface area (Å²) in [6.45, 7) is 3.52. The number of hydrogen-bond donors (Lipinski definition) is 2. The molecule has 2 atom stereocenters. The summed E-state index contributed by atoms with van der Waals surface area (Å²) in [5.41, 5.74) is 0.587. The number of nitrogens with zero attached hydrogens (tertiary/aromatic N) is 1. The van der Waals surface area contributed by atoms with E-state index in [0.717, 1.165) is 29.7 Å². The second-order valence-corrected chi connectivity index (χ2v) is 7.38. The highest BCUT2D eigenvalue weighted by molar-refractivity contribution is 6.30. The third kappa shape index (κ3) is 3.23. The van der Waals surface area contributed by atoms with Crippen molar-refractivity contribution in [2.75, 3.05) is 11.9 Å². The molecule has 1 aromatic rings. The highest BCUT2D eigenvalue weighted by Gasteiger charge is 2.55. The number of aryl methyl sites for hydroxylation is 1. The average molecular weight is 364 g/mol. The second kappa shape index (κ2) is 6.67. The zero-order chi connectivity index (χ0) is 18.2. The van der Waals surface area contributed by atoms with Gasteiger partial charge in [0.05, 0.1) is 0 Å². The molecule has 0 bridgehead atoms. The molecule has 1 heterocycles. The van der Waals surface area contributed by atoms with Gasteiger partial charge in [0.1, 0.15) is 12.1 Å². The summed E-state index contributed by atoms with van der Waals surface area (Å²) in [4.78, 5) is 38.5. The molecule has 3 rings (SSSR count). The van der Waals surface area contributed by atoms with Gasteiger partial charge in [-0.2, -0.15) is 0 Å². The Hall–Kier alpha value is -2.08. The molecule has 2 fully saturated rings. The molecule has 0 aromatic heterocycles. The summed E-state index contributed by atoms with van der Waals surface area (Å²) in [7, 11) is 0. The number of imide groups is 1. The lowest BCUT2D eigenvalue weighted by molar-refractivity contribution is -0.136. The third-order valence-corrected chi connectivity index (χ3v) is 5.50. The van der Waals surface area contributed by atoms with E-state index in [1.54, 1.807) is 18.2 Å². The zero-order valence-corrected chi connectivity index (χ0v) is 15.2. The van der Waals surface area contributed by atoms with Crippen LogP contribution < -0.4 is 10.6 Å². The smallest absolute Gasteiger partial charge is 0.324 e. The van der Waals surface area contributed by atoms with Crippen LogP contribution in [0.25, 0.3) is 0 Å². The zero-order valence-electron chi connectivity index (χ0n) is 14.4. The lowest BCUT2D eigenvalue weighted by atomic mass is 9.73. The van der Waals surface area contributed by atoms with Crippen LogP contribution in [0.5, 0.6) is 0 Å². The minimum Gasteiger partial charge on any atom is -0.324 e. The Morgan fingerprint density at radius 1 is 1.40 bits per heavy atom.